The van der Waals surface area contributed by atoms with Crippen LogP contribution in [-0.4, -0.2) is 52.6 Å². The molecular formula is C20H26N2O2. The standard InChI is InChI=1S/C20H26N2O2/c1-3-10-11-8-14-17-20(12-6-4-5-7-13(12)21(17)2)9-15(16(11)18(20)23)22(14)19(10)24/h4-7,10-11,14-19,23-24H,3,8-9H2,1-2H3/t10-,11+,14+,15+,16?,17+,18-,19+,20-/m1/s1. The maximum atomic E-state index is 11.6. The zero-order valence-electron chi connectivity index (χ0n) is 14.3. The van der Waals surface area contributed by atoms with Crippen LogP contribution in [0.25, 0.3) is 0 Å². The van der Waals surface area contributed by atoms with E-state index < -0.39 is 0 Å². The Morgan fingerprint density at radius 1 is 1.21 bits per heavy atom. The molecule has 4 nitrogen and oxygen atoms in total. The molecule has 10 atom stereocenters. The highest BCUT2D eigenvalue weighted by Crippen LogP contribution is 2.68. The summed E-state index contributed by atoms with van der Waals surface area (Å²) in [5.74, 6) is 1.14. The minimum absolute atomic E-state index is 0.126. The first-order chi connectivity index (χ1) is 11.6. The molecule has 1 aromatic rings. The third kappa shape index (κ3) is 1.20. The van der Waals surface area contributed by atoms with Crippen LogP contribution in [0, 0.1) is 17.8 Å². The van der Waals surface area contributed by atoms with Crippen molar-refractivity contribution in [2.75, 3.05) is 11.9 Å². The van der Waals surface area contributed by atoms with Crippen LogP contribution < -0.4 is 4.90 Å². The molecule has 128 valence electrons. The van der Waals surface area contributed by atoms with Gasteiger partial charge < -0.3 is 15.1 Å². The maximum Gasteiger partial charge on any atom is 0.111 e. The molecule has 6 aliphatic rings. The molecule has 7 rings (SSSR count). The van der Waals surface area contributed by atoms with Crippen molar-refractivity contribution in [1.82, 2.24) is 4.90 Å². The topological polar surface area (TPSA) is 46.9 Å². The average molecular weight is 326 g/mol. The highest BCUT2D eigenvalue weighted by molar-refractivity contribution is 5.67. The van der Waals surface area contributed by atoms with Crippen LogP contribution >= 0.6 is 0 Å². The van der Waals surface area contributed by atoms with Crippen LogP contribution in [0.3, 0.4) is 0 Å². The fourth-order valence-electron chi connectivity index (χ4n) is 7.88. The Kier molecular flexibility index (Phi) is 2.45. The molecule has 4 saturated heterocycles. The second-order valence-corrected chi connectivity index (χ2v) is 8.81. The molecule has 5 fully saturated rings. The van der Waals surface area contributed by atoms with Crippen LogP contribution in [-0.2, 0) is 5.41 Å². The average Bonchev–Trinajstić information content (AvgIpc) is 2.97. The molecule has 1 spiro atoms. The number of fused-ring (bicyclic) bond motifs is 2. The van der Waals surface area contributed by atoms with Gasteiger partial charge in [-0.25, -0.2) is 0 Å². The molecule has 5 aliphatic heterocycles. The molecule has 0 aromatic heterocycles. The molecule has 0 amide bonds. The molecule has 24 heavy (non-hydrogen) atoms. The molecule has 5 heterocycles. The van der Waals surface area contributed by atoms with E-state index in [9.17, 15) is 10.2 Å². The monoisotopic (exact) mass is 326 g/mol. The van der Waals surface area contributed by atoms with E-state index in [1.165, 1.54) is 11.3 Å². The number of hydrogen-bond donors (Lipinski definition) is 2. The largest absolute Gasteiger partial charge is 0.392 e. The fourth-order valence-corrected chi connectivity index (χ4v) is 7.88. The second kappa shape index (κ2) is 4.17. The highest BCUT2D eigenvalue weighted by Gasteiger charge is 2.76. The number of aliphatic hydroxyl groups is 2. The van der Waals surface area contributed by atoms with Crippen molar-refractivity contribution in [2.24, 2.45) is 17.8 Å². The summed E-state index contributed by atoms with van der Waals surface area (Å²) in [6.07, 6.45) is 2.56. The van der Waals surface area contributed by atoms with Gasteiger partial charge in [-0.3, -0.25) is 4.90 Å². The first-order valence-electron chi connectivity index (χ1n) is 9.57. The van der Waals surface area contributed by atoms with Crippen molar-refractivity contribution in [3.8, 4) is 0 Å². The van der Waals surface area contributed by atoms with Crippen LogP contribution in [0.1, 0.15) is 31.7 Å². The number of benzene rings is 1. The highest BCUT2D eigenvalue weighted by atomic mass is 16.3. The number of piperidine rings is 4. The van der Waals surface area contributed by atoms with Crippen molar-refractivity contribution in [3.05, 3.63) is 29.8 Å². The zero-order chi connectivity index (χ0) is 16.4. The van der Waals surface area contributed by atoms with Crippen molar-refractivity contribution in [3.63, 3.8) is 0 Å². The molecule has 2 N–H and O–H groups in total. The number of likely N-dealkylation sites (N-methyl/N-ethyl adjacent to an activating group) is 1. The van der Waals surface area contributed by atoms with Crippen LogP contribution in [0.2, 0.25) is 0 Å². The normalized spacial score (nSPS) is 55.8. The molecule has 0 radical (unpaired) electrons. The summed E-state index contributed by atoms with van der Waals surface area (Å²) < 4.78 is 0. The van der Waals surface area contributed by atoms with Crippen LogP contribution in [0.15, 0.2) is 24.3 Å². The summed E-state index contributed by atoms with van der Waals surface area (Å²) in [7, 11) is 2.19. The third-order valence-corrected chi connectivity index (χ3v) is 8.46. The summed E-state index contributed by atoms with van der Waals surface area (Å²) in [6.45, 7) is 2.19. The Bertz CT molecular complexity index is 723. The minimum atomic E-state index is -0.319. The molecular weight excluding hydrogens is 300 g/mol. The lowest BCUT2D eigenvalue weighted by molar-refractivity contribution is -0.211. The van der Waals surface area contributed by atoms with Crippen LogP contribution in [0.5, 0.6) is 0 Å². The molecule has 1 saturated carbocycles. The Balaban J connectivity index is 1.60. The number of rotatable bonds is 1. The molecule has 2 unspecified atom stereocenters. The lowest BCUT2D eigenvalue weighted by Gasteiger charge is -2.62. The predicted molar refractivity (Wildman–Crippen MR) is 91.7 cm³/mol. The first kappa shape index (κ1) is 14.1. The molecule has 4 heteroatoms. The number of para-hydroxylation sites is 1. The Hall–Kier alpha value is -1.10. The van der Waals surface area contributed by atoms with E-state index in [0.717, 1.165) is 19.3 Å². The lowest BCUT2D eigenvalue weighted by Crippen LogP contribution is -2.72. The van der Waals surface area contributed by atoms with Gasteiger partial charge in [0.25, 0.3) is 0 Å². The Morgan fingerprint density at radius 3 is 2.79 bits per heavy atom. The first-order valence-corrected chi connectivity index (χ1v) is 9.57. The quantitative estimate of drug-likeness (QED) is 0.822. The van der Waals surface area contributed by atoms with Crippen molar-refractivity contribution >= 4 is 5.69 Å². The Morgan fingerprint density at radius 2 is 2.00 bits per heavy atom. The van der Waals surface area contributed by atoms with Gasteiger partial charge in [0.1, 0.15) is 6.23 Å². The van der Waals surface area contributed by atoms with Gasteiger partial charge in [0.2, 0.25) is 0 Å². The van der Waals surface area contributed by atoms with E-state index >= 15 is 0 Å². The van der Waals surface area contributed by atoms with E-state index in [1.54, 1.807) is 0 Å². The number of hydrogen-bond acceptors (Lipinski definition) is 4. The summed E-state index contributed by atoms with van der Waals surface area (Å²) in [4.78, 5) is 4.83. The van der Waals surface area contributed by atoms with Crippen molar-refractivity contribution < 1.29 is 10.2 Å². The van der Waals surface area contributed by atoms with Gasteiger partial charge in [-0.05, 0) is 36.8 Å². The van der Waals surface area contributed by atoms with E-state index in [1.807, 2.05) is 0 Å². The van der Waals surface area contributed by atoms with Crippen molar-refractivity contribution in [2.45, 2.75) is 62.1 Å². The summed E-state index contributed by atoms with van der Waals surface area (Å²) >= 11 is 0. The van der Waals surface area contributed by atoms with Gasteiger partial charge in [-0.15, -0.1) is 0 Å². The summed E-state index contributed by atoms with van der Waals surface area (Å²) in [5, 5.41) is 22.6. The zero-order valence-corrected chi connectivity index (χ0v) is 14.3. The van der Waals surface area contributed by atoms with Gasteiger partial charge in [0, 0.05) is 42.1 Å². The molecule has 1 aromatic carbocycles. The maximum absolute atomic E-state index is 11.6. The predicted octanol–water partition coefficient (Wildman–Crippen LogP) is 1.55. The smallest absolute Gasteiger partial charge is 0.111 e. The van der Waals surface area contributed by atoms with Gasteiger partial charge in [0.15, 0.2) is 0 Å². The lowest BCUT2D eigenvalue weighted by atomic mass is 9.62. The van der Waals surface area contributed by atoms with Gasteiger partial charge in [-0.1, -0.05) is 25.1 Å². The van der Waals surface area contributed by atoms with Gasteiger partial charge >= 0.3 is 0 Å². The van der Waals surface area contributed by atoms with E-state index in [4.69, 9.17) is 0 Å². The number of nitrogens with zero attached hydrogens (tertiary/aromatic N) is 2. The van der Waals surface area contributed by atoms with Crippen molar-refractivity contribution in [1.29, 1.82) is 0 Å². The Labute approximate surface area is 143 Å². The molecule has 1 aliphatic carbocycles. The number of aliphatic hydroxyl groups excluding tert-OH is 2. The number of anilines is 1. The summed E-state index contributed by atoms with van der Waals surface area (Å²) in [5.41, 5.74) is 2.51. The fraction of sp³-hybridized carbons (Fsp3) is 0.700. The van der Waals surface area contributed by atoms with E-state index in [0.29, 0.717) is 35.9 Å². The SMILES string of the molecule is CC[C@@H]1[C@@H]2C[C@H]3[C@@H]4N(C)c5ccccc5[C@]45C[C@@H](C2[C@H]5O)N3[C@H]1O. The van der Waals surface area contributed by atoms with Crippen LogP contribution in [0.4, 0.5) is 5.69 Å². The van der Waals surface area contributed by atoms with Gasteiger partial charge in [-0.2, -0.15) is 0 Å². The van der Waals surface area contributed by atoms with Gasteiger partial charge in [0.05, 0.1) is 12.1 Å². The second-order valence-electron chi connectivity index (χ2n) is 8.81. The minimum Gasteiger partial charge on any atom is -0.392 e. The van der Waals surface area contributed by atoms with E-state index in [2.05, 4.69) is 48.0 Å². The molecule has 5 bridgehead atoms. The van der Waals surface area contributed by atoms with E-state index in [-0.39, 0.29) is 17.7 Å². The summed E-state index contributed by atoms with van der Waals surface area (Å²) in [6, 6.07) is 9.70. The third-order valence-electron chi connectivity index (χ3n) is 8.46.